The fraction of sp³-hybridized carbons (Fsp3) is 0.167. The number of hydrogen-bond donors (Lipinski definition) is 2. The number of nitrogens with zero attached hydrogens (tertiary/aromatic N) is 2. The largest absolute Gasteiger partial charge is 0.360 e. The SMILES string of the molecule is Cc1cc(C)cc(Nc2ccc(C(=O)Nc3cc(C)on3)nc2)c1. The minimum atomic E-state index is -0.332. The van der Waals surface area contributed by atoms with Gasteiger partial charge in [-0.3, -0.25) is 4.79 Å². The molecule has 122 valence electrons. The zero-order valence-electron chi connectivity index (χ0n) is 13.8. The van der Waals surface area contributed by atoms with E-state index in [-0.39, 0.29) is 5.91 Å². The number of nitrogens with one attached hydrogen (secondary N) is 2. The molecular weight excluding hydrogens is 304 g/mol. The predicted octanol–water partition coefficient (Wildman–Crippen LogP) is 3.99. The van der Waals surface area contributed by atoms with Crippen LogP contribution in [0.25, 0.3) is 0 Å². The Morgan fingerprint density at radius 2 is 1.75 bits per heavy atom. The van der Waals surface area contributed by atoms with Gasteiger partial charge >= 0.3 is 0 Å². The van der Waals surface area contributed by atoms with Gasteiger partial charge in [0.2, 0.25) is 0 Å². The first-order chi connectivity index (χ1) is 11.5. The van der Waals surface area contributed by atoms with Gasteiger partial charge in [0.25, 0.3) is 5.91 Å². The lowest BCUT2D eigenvalue weighted by atomic mass is 10.1. The predicted molar refractivity (Wildman–Crippen MR) is 92.6 cm³/mol. The summed E-state index contributed by atoms with van der Waals surface area (Å²) in [5.74, 6) is 0.671. The molecule has 1 aromatic carbocycles. The van der Waals surface area contributed by atoms with Crippen molar-refractivity contribution in [3.8, 4) is 0 Å². The fourth-order valence-corrected chi connectivity index (χ4v) is 2.42. The van der Waals surface area contributed by atoms with Crippen molar-refractivity contribution in [2.75, 3.05) is 10.6 Å². The van der Waals surface area contributed by atoms with Gasteiger partial charge in [-0.25, -0.2) is 4.98 Å². The summed E-state index contributed by atoms with van der Waals surface area (Å²) >= 11 is 0. The second-order valence-electron chi connectivity index (χ2n) is 5.71. The number of aryl methyl sites for hydroxylation is 3. The van der Waals surface area contributed by atoms with Gasteiger partial charge in [0.15, 0.2) is 5.82 Å². The monoisotopic (exact) mass is 322 g/mol. The van der Waals surface area contributed by atoms with Crippen molar-refractivity contribution in [2.24, 2.45) is 0 Å². The Hall–Kier alpha value is -3.15. The highest BCUT2D eigenvalue weighted by molar-refractivity contribution is 6.02. The fourth-order valence-electron chi connectivity index (χ4n) is 2.42. The number of amides is 1. The molecule has 0 radical (unpaired) electrons. The van der Waals surface area contributed by atoms with Crippen LogP contribution in [0.15, 0.2) is 47.1 Å². The molecule has 0 spiro atoms. The van der Waals surface area contributed by atoms with Gasteiger partial charge in [-0.1, -0.05) is 11.2 Å². The van der Waals surface area contributed by atoms with Crippen LogP contribution in [0.2, 0.25) is 0 Å². The Morgan fingerprint density at radius 3 is 2.33 bits per heavy atom. The Morgan fingerprint density at radius 1 is 1.00 bits per heavy atom. The van der Waals surface area contributed by atoms with Crippen LogP contribution in [0, 0.1) is 20.8 Å². The summed E-state index contributed by atoms with van der Waals surface area (Å²) in [4.78, 5) is 16.3. The maximum atomic E-state index is 12.1. The van der Waals surface area contributed by atoms with Crippen LogP contribution in [-0.2, 0) is 0 Å². The third kappa shape index (κ3) is 3.78. The lowest BCUT2D eigenvalue weighted by Gasteiger charge is -2.09. The summed E-state index contributed by atoms with van der Waals surface area (Å²) in [6.45, 7) is 5.86. The van der Waals surface area contributed by atoms with Crippen molar-refractivity contribution >= 4 is 23.1 Å². The van der Waals surface area contributed by atoms with Gasteiger partial charge in [0, 0.05) is 11.8 Å². The molecule has 0 aliphatic rings. The number of carbonyl (C=O) groups excluding carboxylic acids is 1. The number of hydrogen-bond acceptors (Lipinski definition) is 5. The molecule has 0 saturated carbocycles. The van der Waals surface area contributed by atoms with Gasteiger partial charge in [-0.15, -0.1) is 0 Å². The molecule has 0 fully saturated rings. The van der Waals surface area contributed by atoms with Gasteiger partial charge in [-0.2, -0.15) is 0 Å². The van der Waals surface area contributed by atoms with E-state index in [1.54, 1.807) is 25.3 Å². The molecular formula is C18H18N4O2. The quantitative estimate of drug-likeness (QED) is 0.759. The third-order valence-electron chi connectivity index (χ3n) is 3.38. The zero-order chi connectivity index (χ0) is 17.1. The molecule has 6 nitrogen and oxygen atoms in total. The lowest BCUT2D eigenvalue weighted by molar-refractivity contribution is 0.102. The summed E-state index contributed by atoms with van der Waals surface area (Å²) in [6, 6.07) is 11.3. The van der Waals surface area contributed by atoms with Gasteiger partial charge < -0.3 is 15.2 Å². The molecule has 6 heteroatoms. The number of benzene rings is 1. The molecule has 2 aromatic heterocycles. The molecule has 24 heavy (non-hydrogen) atoms. The second kappa shape index (κ2) is 6.54. The first-order valence-electron chi connectivity index (χ1n) is 7.55. The highest BCUT2D eigenvalue weighted by atomic mass is 16.5. The van der Waals surface area contributed by atoms with Crippen LogP contribution in [-0.4, -0.2) is 16.0 Å². The van der Waals surface area contributed by atoms with E-state index in [0.29, 0.717) is 17.3 Å². The van der Waals surface area contributed by atoms with E-state index < -0.39 is 0 Å². The van der Waals surface area contributed by atoms with Crippen molar-refractivity contribution < 1.29 is 9.32 Å². The maximum absolute atomic E-state index is 12.1. The van der Waals surface area contributed by atoms with Gasteiger partial charge in [0.05, 0.1) is 11.9 Å². The summed E-state index contributed by atoms with van der Waals surface area (Å²) in [5, 5.41) is 9.64. The van der Waals surface area contributed by atoms with E-state index in [1.807, 2.05) is 6.07 Å². The number of anilines is 3. The van der Waals surface area contributed by atoms with Crippen molar-refractivity contribution in [1.29, 1.82) is 0 Å². The van der Waals surface area contributed by atoms with E-state index in [4.69, 9.17) is 4.52 Å². The molecule has 0 unspecified atom stereocenters. The Kier molecular flexibility index (Phi) is 4.29. The molecule has 1 amide bonds. The highest BCUT2D eigenvalue weighted by Crippen LogP contribution is 2.19. The molecule has 0 saturated heterocycles. The van der Waals surface area contributed by atoms with Gasteiger partial charge in [0.1, 0.15) is 11.5 Å². The minimum Gasteiger partial charge on any atom is -0.360 e. The lowest BCUT2D eigenvalue weighted by Crippen LogP contribution is -2.13. The molecule has 0 atom stereocenters. The Bertz CT molecular complexity index is 849. The summed E-state index contributed by atoms with van der Waals surface area (Å²) in [7, 11) is 0. The standard InChI is InChI=1S/C18H18N4O2/c1-11-6-12(2)8-15(7-11)20-14-4-5-16(19-10-14)18(23)21-17-9-13(3)24-22-17/h4-10,20H,1-3H3,(H,21,22,23). The van der Waals surface area contributed by atoms with Crippen LogP contribution >= 0.6 is 0 Å². The van der Waals surface area contributed by atoms with E-state index in [2.05, 4.69) is 52.8 Å². The van der Waals surface area contributed by atoms with E-state index >= 15 is 0 Å². The number of rotatable bonds is 4. The van der Waals surface area contributed by atoms with E-state index in [9.17, 15) is 4.79 Å². The topological polar surface area (TPSA) is 80.0 Å². The molecule has 2 N–H and O–H groups in total. The first kappa shape index (κ1) is 15.7. The van der Waals surface area contributed by atoms with Crippen molar-refractivity contribution in [3.63, 3.8) is 0 Å². The molecule has 0 aliphatic heterocycles. The third-order valence-corrected chi connectivity index (χ3v) is 3.38. The van der Waals surface area contributed by atoms with E-state index in [1.165, 1.54) is 11.1 Å². The van der Waals surface area contributed by atoms with Crippen molar-refractivity contribution in [2.45, 2.75) is 20.8 Å². The summed E-state index contributed by atoms with van der Waals surface area (Å²) in [5.41, 5.74) is 4.48. The Labute approximate surface area is 139 Å². The maximum Gasteiger partial charge on any atom is 0.275 e. The van der Waals surface area contributed by atoms with Crippen molar-refractivity contribution in [1.82, 2.24) is 10.1 Å². The molecule has 3 rings (SSSR count). The average molecular weight is 322 g/mol. The van der Waals surface area contributed by atoms with Crippen LogP contribution in [0.5, 0.6) is 0 Å². The van der Waals surface area contributed by atoms with Crippen LogP contribution in [0.1, 0.15) is 27.4 Å². The number of carbonyl (C=O) groups is 1. The number of aromatic nitrogens is 2. The Balaban J connectivity index is 1.69. The minimum absolute atomic E-state index is 0.307. The average Bonchev–Trinajstić information content (AvgIpc) is 2.92. The van der Waals surface area contributed by atoms with E-state index in [0.717, 1.165) is 11.4 Å². The van der Waals surface area contributed by atoms with Gasteiger partial charge in [-0.05, 0) is 56.2 Å². The zero-order valence-corrected chi connectivity index (χ0v) is 13.8. The summed E-state index contributed by atoms with van der Waals surface area (Å²) < 4.78 is 4.91. The van der Waals surface area contributed by atoms with Crippen LogP contribution < -0.4 is 10.6 Å². The smallest absolute Gasteiger partial charge is 0.275 e. The molecule has 0 aliphatic carbocycles. The number of pyridine rings is 1. The highest BCUT2D eigenvalue weighted by Gasteiger charge is 2.10. The molecule has 3 aromatic rings. The molecule has 2 heterocycles. The van der Waals surface area contributed by atoms with Crippen molar-refractivity contribution in [3.05, 3.63) is 65.2 Å². The summed E-state index contributed by atoms with van der Waals surface area (Å²) in [6.07, 6.45) is 1.63. The normalized spacial score (nSPS) is 10.5. The van der Waals surface area contributed by atoms with Crippen LogP contribution in [0.4, 0.5) is 17.2 Å². The van der Waals surface area contributed by atoms with Crippen LogP contribution in [0.3, 0.4) is 0 Å². The second-order valence-corrected chi connectivity index (χ2v) is 5.71. The molecule has 0 bridgehead atoms. The first-order valence-corrected chi connectivity index (χ1v) is 7.55.